The third-order valence-electron chi connectivity index (χ3n) is 7.89. The summed E-state index contributed by atoms with van der Waals surface area (Å²) >= 11 is 0. The second-order valence-corrected chi connectivity index (χ2v) is 9.28. The summed E-state index contributed by atoms with van der Waals surface area (Å²) in [5.41, 5.74) is 0.140. The topological polar surface area (TPSA) is 66.8 Å². The first kappa shape index (κ1) is 15.2. The van der Waals surface area contributed by atoms with Crippen LogP contribution in [0, 0.1) is 5.92 Å². The van der Waals surface area contributed by atoms with Crippen molar-refractivity contribution in [2.45, 2.75) is 48.8 Å². The van der Waals surface area contributed by atoms with E-state index >= 15 is 0 Å². The maximum atomic E-state index is 12.7. The Kier molecular flexibility index (Phi) is 2.54. The zero-order valence-corrected chi connectivity index (χ0v) is 14.9. The third-order valence-corrected chi connectivity index (χ3v) is 7.89. The Bertz CT molecular complexity index is 890. The first-order chi connectivity index (χ1) is 12.4. The minimum Gasteiger partial charge on any atom is -0.504 e. The first-order valence-corrected chi connectivity index (χ1v) is 9.71. The van der Waals surface area contributed by atoms with Crippen LogP contribution in [0.3, 0.4) is 0 Å². The van der Waals surface area contributed by atoms with Crippen LogP contribution in [0.5, 0.6) is 11.5 Å². The fraction of sp³-hybridized carbons (Fsp3) is 0.571. The van der Waals surface area contributed by atoms with Gasteiger partial charge in [-0.15, -0.1) is 0 Å². The number of hydrogen-bond acceptors (Lipinski definition) is 4. The average molecular weight is 354 g/mol. The minimum atomic E-state index is -1.11. The molecule has 0 aromatic heterocycles. The lowest BCUT2D eigenvalue weighted by atomic mass is 9.50. The van der Waals surface area contributed by atoms with E-state index in [0.717, 1.165) is 41.0 Å². The van der Waals surface area contributed by atoms with Gasteiger partial charge in [-0.25, -0.2) is 0 Å². The molecule has 1 aromatic rings. The Labute approximate surface area is 152 Å². The van der Waals surface area contributed by atoms with Gasteiger partial charge < -0.3 is 19.4 Å². The number of phenolic OH excluding ortho intramolecular Hbond substituents is 1. The van der Waals surface area contributed by atoms with Gasteiger partial charge in [-0.3, -0.25) is 4.79 Å². The summed E-state index contributed by atoms with van der Waals surface area (Å²) in [5.74, 6) is 1.15. The van der Waals surface area contributed by atoms with E-state index in [1.54, 1.807) is 12.1 Å². The van der Waals surface area contributed by atoms with E-state index in [2.05, 4.69) is 7.05 Å². The van der Waals surface area contributed by atoms with Crippen molar-refractivity contribution >= 4 is 5.78 Å². The fourth-order valence-electron chi connectivity index (χ4n) is 6.52. The van der Waals surface area contributed by atoms with Crippen LogP contribution < -0.4 is 4.74 Å². The summed E-state index contributed by atoms with van der Waals surface area (Å²) in [6, 6.07) is 3.64. The molecule has 2 bridgehead atoms. The van der Waals surface area contributed by atoms with Gasteiger partial charge in [0.05, 0.1) is 25.6 Å². The van der Waals surface area contributed by atoms with Crippen molar-refractivity contribution in [3.63, 3.8) is 0 Å². The summed E-state index contributed by atoms with van der Waals surface area (Å²) in [6.45, 7) is 2.02. The highest BCUT2D eigenvalue weighted by Gasteiger charge is 2.75. The van der Waals surface area contributed by atoms with E-state index in [-0.39, 0.29) is 17.6 Å². The van der Waals surface area contributed by atoms with E-state index in [9.17, 15) is 15.0 Å². The average Bonchev–Trinajstić information content (AvgIpc) is 3.32. The molecule has 2 fully saturated rings. The SMILES string of the molecule is C[N+]1(CC2CC2)CCC23c4c5ccc(O)c4OC2C(=O)C=CC3(O)C1C5. The first-order valence-electron chi connectivity index (χ1n) is 9.71. The number of carbonyl (C=O) groups is 1. The largest absolute Gasteiger partial charge is 0.504 e. The molecule has 5 aliphatic rings. The van der Waals surface area contributed by atoms with Gasteiger partial charge in [0.15, 0.2) is 23.4 Å². The van der Waals surface area contributed by atoms with Crippen molar-refractivity contribution < 1.29 is 24.2 Å². The number of ketones is 1. The minimum absolute atomic E-state index is 0.00953. The Balaban J connectivity index is 1.63. The number of benzene rings is 1. The number of quaternary nitrogens is 1. The maximum Gasteiger partial charge on any atom is 0.197 e. The number of phenols is 1. The number of likely N-dealkylation sites (N-methyl/N-ethyl adjacent to an activating group) is 1. The van der Waals surface area contributed by atoms with Crippen LogP contribution in [-0.2, 0) is 16.6 Å². The van der Waals surface area contributed by atoms with Crippen LogP contribution in [-0.4, -0.2) is 58.4 Å². The molecule has 2 aliphatic heterocycles. The quantitative estimate of drug-likeness (QED) is 0.789. The summed E-state index contributed by atoms with van der Waals surface area (Å²) in [6.07, 6.45) is 6.57. The molecule has 1 saturated heterocycles. The van der Waals surface area contributed by atoms with E-state index in [1.165, 1.54) is 18.9 Å². The van der Waals surface area contributed by atoms with Crippen LogP contribution >= 0.6 is 0 Å². The van der Waals surface area contributed by atoms with Crippen LogP contribution in [0.4, 0.5) is 0 Å². The number of aliphatic hydroxyl groups is 1. The predicted octanol–water partition coefficient (Wildman–Crippen LogP) is 1.45. The molecular formula is C21H24NO4+. The zero-order chi connectivity index (χ0) is 17.9. The lowest BCUT2D eigenvalue weighted by Gasteiger charge is -2.62. The van der Waals surface area contributed by atoms with Crippen molar-refractivity contribution in [1.29, 1.82) is 0 Å². The fourth-order valence-corrected chi connectivity index (χ4v) is 6.52. The highest BCUT2D eigenvalue weighted by atomic mass is 16.5. The summed E-state index contributed by atoms with van der Waals surface area (Å²) in [4.78, 5) is 12.7. The van der Waals surface area contributed by atoms with Crippen molar-refractivity contribution in [2.75, 3.05) is 20.1 Å². The summed E-state index contributed by atoms with van der Waals surface area (Å²) in [7, 11) is 2.27. The Morgan fingerprint density at radius 3 is 2.92 bits per heavy atom. The van der Waals surface area contributed by atoms with E-state index in [0.29, 0.717) is 12.2 Å². The zero-order valence-electron chi connectivity index (χ0n) is 14.9. The molecular weight excluding hydrogens is 330 g/mol. The highest BCUT2D eigenvalue weighted by Crippen LogP contribution is 2.64. The predicted molar refractivity (Wildman–Crippen MR) is 94.0 cm³/mol. The Morgan fingerprint density at radius 1 is 1.35 bits per heavy atom. The van der Waals surface area contributed by atoms with E-state index in [4.69, 9.17) is 4.74 Å². The van der Waals surface area contributed by atoms with Crippen molar-refractivity contribution in [1.82, 2.24) is 0 Å². The van der Waals surface area contributed by atoms with Gasteiger partial charge in [0, 0.05) is 24.3 Å². The monoisotopic (exact) mass is 354 g/mol. The molecule has 6 rings (SSSR count). The molecule has 5 atom stereocenters. The molecule has 1 spiro atoms. The number of piperidine rings is 1. The summed E-state index contributed by atoms with van der Waals surface area (Å²) in [5, 5.41) is 22.4. The molecule has 0 amide bonds. The normalized spacial score (nSPS) is 44.6. The third kappa shape index (κ3) is 1.50. The van der Waals surface area contributed by atoms with Crippen LogP contribution in [0.1, 0.15) is 30.4 Å². The van der Waals surface area contributed by atoms with Crippen LogP contribution in [0.2, 0.25) is 0 Å². The summed E-state index contributed by atoms with van der Waals surface area (Å²) < 4.78 is 6.88. The smallest absolute Gasteiger partial charge is 0.197 e. The van der Waals surface area contributed by atoms with Crippen LogP contribution in [0.15, 0.2) is 24.3 Å². The van der Waals surface area contributed by atoms with Gasteiger partial charge in [0.25, 0.3) is 0 Å². The van der Waals surface area contributed by atoms with Crippen LogP contribution in [0.25, 0.3) is 0 Å². The van der Waals surface area contributed by atoms with Gasteiger partial charge >= 0.3 is 0 Å². The van der Waals surface area contributed by atoms with E-state index < -0.39 is 17.1 Å². The molecule has 3 aliphatic carbocycles. The number of nitrogens with zero attached hydrogens (tertiary/aromatic N) is 1. The van der Waals surface area contributed by atoms with Crippen molar-refractivity contribution in [3.05, 3.63) is 35.4 Å². The molecule has 0 radical (unpaired) electrons. The molecule has 2 N–H and O–H groups in total. The van der Waals surface area contributed by atoms with Crippen molar-refractivity contribution in [2.24, 2.45) is 5.92 Å². The van der Waals surface area contributed by atoms with Gasteiger partial charge in [-0.05, 0) is 36.6 Å². The molecule has 5 heteroatoms. The molecule has 1 aromatic carbocycles. The maximum absolute atomic E-state index is 12.7. The number of rotatable bonds is 2. The standard InChI is InChI=1S/C21H23NO4/c1-22(11-12-2-3-12)9-8-20-17-13-4-5-14(23)18(17)26-19(20)15(24)6-7-21(20,25)16(22)10-13/h4-7,12,16,19,25H,2-3,8-11H2,1H3/p+1. The second-order valence-electron chi connectivity index (χ2n) is 9.28. The van der Waals surface area contributed by atoms with Gasteiger partial charge in [0.1, 0.15) is 11.6 Å². The Hall–Kier alpha value is -1.85. The number of hydrogen-bond donors (Lipinski definition) is 2. The molecule has 26 heavy (non-hydrogen) atoms. The molecule has 2 heterocycles. The molecule has 5 nitrogen and oxygen atoms in total. The Morgan fingerprint density at radius 2 is 2.15 bits per heavy atom. The number of likely N-dealkylation sites (tertiary alicyclic amines) is 1. The molecule has 136 valence electrons. The van der Waals surface area contributed by atoms with Gasteiger partial charge in [-0.2, -0.15) is 0 Å². The second kappa shape index (κ2) is 4.34. The number of aromatic hydroxyl groups is 1. The number of ether oxygens (including phenoxy) is 1. The van der Waals surface area contributed by atoms with E-state index in [1.807, 2.05) is 6.07 Å². The lowest BCUT2D eigenvalue weighted by Crippen LogP contribution is -2.79. The number of carbonyl (C=O) groups excluding carboxylic acids is 1. The highest BCUT2D eigenvalue weighted by molar-refractivity contribution is 5.98. The molecule has 5 unspecified atom stereocenters. The lowest BCUT2D eigenvalue weighted by molar-refractivity contribution is -0.949. The van der Waals surface area contributed by atoms with Gasteiger partial charge in [0.2, 0.25) is 0 Å². The molecule has 1 saturated carbocycles. The van der Waals surface area contributed by atoms with Crippen molar-refractivity contribution in [3.8, 4) is 11.5 Å². The van der Waals surface area contributed by atoms with Gasteiger partial charge in [-0.1, -0.05) is 6.07 Å².